The van der Waals surface area contributed by atoms with Gasteiger partial charge in [-0.15, -0.1) is 0 Å². The minimum atomic E-state index is -0.711. The number of benzene rings is 1. The number of carbonyl (C=O) groups is 2. The lowest BCUT2D eigenvalue weighted by Crippen LogP contribution is -2.06. The molecular weight excluding hydrogens is 218 g/mol. The summed E-state index contributed by atoms with van der Waals surface area (Å²) in [5, 5.41) is 10.6. The van der Waals surface area contributed by atoms with Crippen LogP contribution in [0.4, 0.5) is 5.69 Å². The maximum absolute atomic E-state index is 10.7. The molecule has 0 unspecified atom stereocenters. The van der Waals surface area contributed by atoms with Gasteiger partial charge in [-0.2, -0.15) is 0 Å². The summed E-state index contributed by atoms with van der Waals surface area (Å²) in [7, 11) is 0. The van der Waals surface area contributed by atoms with Crippen LogP contribution in [0.25, 0.3) is 0 Å². The van der Waals surface area contributed by atoms with E-state index in [1.54, 1.807) is 0 Å². The maximum atomic E-state index is 10.7. The summed E-state index contributed by atoms with van der Waals surface area (Å²) >= 11 is 0. The van der Waals surface area contributed by atoms with Crippen LogP contribution in [0, 0.1) is 6.92 Å². The number of amides is 1. The fourth-order valence-electron chi connectivity index (χ4n) is 1.12. The molecule has 0 atom stereocenters. The van der Waals surface area contributed by atoms with E-state index in [-0.39, 0.29) is 5.91 Å². The van der Waals surface area contributed by atoms with Crippen LogP contribution in [0.1, 0.15) is 32.3 Å². The molecule has 4 heteroatoms. The van der Waals surface area contributed by atoms with Crippen LogP contribution in [-0.4, -0.2) is 17.0 Å². The van der Waals surface area contributed by atoms with Gasteiger partial charge in [0.15, 0.2) is 0 Å². The SMILES string of the molecule is CC(=O)Nc1ccccc1C.CCCC(=O)O. The molecule has 0 aliphatic heterocycles. The number of aliphatic carboxylic acids is 1. The summed E-state index contributed by atoms with van der Waals surface area (Å²) in [6.07, 6.45) is 1.02. The zero-order chi connectivity index (χ0) is 13.3. The van der Waals surface area contributed by atoms with E-state index in [0.29, 0.717) is 6.42 Å². The maximum Gasteiger partial charge on any atom is 0.303 e. The summed E-state index contributed by atoms with van der Waals surface area (Å²) in [5.41, 5.74) is 1.97. The highest BCUT2D eigenvalue weighted by Crippen LogP contribution is 2.12. The van der Waals surface area contributed by atoms with Gasteiger partial charge < -0.3 is 10.4 Å². The molecule has 0 aromatic heterocycles. The minimum absolute atomic E-state index is 0.0284. The Morgan fingerprint density at radius 2 is 1.88 bits per heavy atom. The van der Waals surface area contributed by atoms with Gasteiger partial charge in [0.05, 0.1) is 0 Å². The van der Waals surface area contributed by atoms with Crippen LogP contribution in [0.3, 0.4) is 0 Å². The zero-order valence-corrected chi connectivity index (χ0v) is 10.5. The van der Waals surface area contributed by atoms with Crippen molar-refractivity contribution in [1.29, 1.82) is 0 Å². The summed E-state index contributed by atoms with van der Waals surface area (Å²) in [4.78, 5) is 20.3. The number of carboxylic acids is 1. The quantitative estimate of drug-likeness (QED) is 0.849. The molecule has 1 amide bonds. The fraction of sp³-hybridized carbons (Fsp3) is 0.385. The molecule has 0 radical (unpaired) electrons. The third-order valence-electron chi connectivity index (χ3n) is 1.92. The standard InChI is InChI=1S/C9H11NO.C4H8O2/c1-7-5-3-4-6-9(7)10-8(2)11;1-2-3-4(5)6/h3-6H,1-2H3,(H,10,11);2-3H2,1H3,(H,5,6). The van der Waals surface area contributed by atoms with Gasteiger partial charge in [0.25, 0.3) is 0 Å². The predicted octanol–water partition coefficient (Wildman–Crippen LogP) is 2.82. The van der Waals surface area contributed by atoms with E-state index in [9.17, 15) is 9.59 Å². The summed E-state index contributed by atoms with van der Waals surface area (Å²) < 4.78 is 0. The van der Waals surface area contributed by atoms with Crippen LogP contribution in [-0.2, 0) is 9.59 Å². The Kier molecular flexibility index (Phi) is 7.43. The molecule has 0 fully saturated rings. The molecule has 1 aromatic rings. The average Bonchev–Trinajstić information content (AvgIpc) is 2.21. The number of rotatable bonds is 3. The van der Waals surface area contributed by atoms with Gasteiger partial charge >= 0.3 is 5.97 Å². The number of hydrogen-bond donors (Lipinski definition) is 2. The van der Waals surface area contributed by atoms with Crippen molar-refractivity contribution in [2.45, 2.75) is 33.6 Å². The van der Waals surface area contributed by atoms with E-state index in [2.05, 4.69) is 5.32 Å². The highest BCUT2D eigenvalue weighted by molar-refractivity contribution is 5.89. The first kappa shape index (κ1) is 15.2. The first-order valence-corrected chi connectivity index (χ1v) is 5.52. The summed E-state index contributed by atoms with van der Waals surface area (Å²) in [5.74, 6) is -0.739. The Hall–Kier alpha value is -1.84. The Morgan fingerprint density at radius 1 is 1.29 bits per heavy atom. The van der Waals surface area contributed by atoms with Crippen molar-refractivity contribution in [2.24, 2.45) is 0 Å². The second-order valence-corrected chi connectivity index (χ2v) is 3.64. The number of carbonyl (C=O) groups excluding carboxylic acids is 1. The number of nitrogens with one attached hydrogen (secondary N) is 1. The van der Waals surface area contributed by atoms with Gasteiger partial charge in [-0.1, -0.05) is 25.1 Å². The Morgan fingerprint density at radius 3 is 2.24 bits per heavy atom. The zero-order valence-electron chi connectivity index (χ0n) is 10.5. The molecule has 0 bridgehead atoms. The highest BCUT2D eigenvalue weighted by atomic mass is 16.4. The van der Waals surface area contributed by atoms with E-state index >= 15 is 0 Å². The van der Waals surface area contributed by atoms with E-state index in [1.165, 1.54) is 6.92 Å². The van der Waals surface area contributed by atoms with Crippen LogP contribution in [0.5, 0.6) is 0 Å². The first-order valence-electron chi connectivity index (χ1n) is 5.52. The van der Waals surface area contributed by atoms with Gasteiger partial charge in [0.2, 0.25) is 5.91 Å². The summed E-state index contributed by atoms with van der Waals surface area (Å²) in [6, 6.07) is 7.70. The average molecular weight is 237 g/mol. The smallest absolute Gasteiger partial charge is 0.303 e. The molecular formula is C13H19NO3. The topological polar surface area (TPSA) is 66.4 Å². The van der Waals surface area contributed by atoms with Crippen LogP contribution >= 0.6 is 0 Å². The largest absolute Gasteiger partial charge is 0.481 e. The van der Waals surface area contributed by atoms with Crippen LogP contribution in [0.15, 0.2) is 24.3 Å². The molecule has 2 N–H and O–H groups in total. The highest BCUT2D eigenvalue weighted by Gasteiger charge is 1.96. The number of anilines is 1. The Balaban J connectivity index is 0.000000366. The molecule has 0 saturated carbocycles. The number of hydrogen-bond acceptors (Lipinski definition) is 2. The first-order chi connectivity index (χ1) is 7.97. The van der Waals surface area contributed by atoms with Gasteiger partial charge in [-0.3, -0.25) is 9.59 Å². The van der Waals surface area contributed by atoms with Gasteiger partial charge in [0.1, 0.15) is 0 Å². The summed E-state index contributed by atoms with van der Waals surface area (Å²) in [6.45, 7) is 5.31. The molecule has 17 heavy (non-hydrogen) atoms. The third-order valence-corrected chi connectivity index (χ3v) is 1.92. The van der Waals surface area contributed by atoms with Gasteiger partial charge in [-0.05, 0) is 25.0 Å². The van der Waals surface area contributed by atoms with E-state index in [1.807, 2.05) is 38.1 Å². The number of para-hydroxylation sites is 1. The molecule has 0 spiro atoms. The van der Waals surface area contributed by atoms with Crippen molar-refractivity contribution in [2.75, 3.05) is 5.32 Å². The molecule has 4 nitrogen and oxygen atoms in total. The van der Waals surface area contributed by atoms with Crippen molar-refractivity contribution in [3.05, 3.63) is 29.8 Å². The molecule has 1 aromatic carbocycles. The normalized spacial score (nSPS) is 8.88. The number of aryl methyl sites for hydroxylation is 1. The predicted molar refractivity (Wildman–Crippen MR) is 68.0 cm³/mol. The van der Waals surface area contributed by atoms with Crippen molar-refractivity contribution >= 4 is 17.6 Å². The van der Waals surface area contributed by atoms with Crippen LogP contribution < -0.4 is 5.32 Å². The monoisotopic (exact) mass is 237 g/mol. The van der Waals surface area contributed by atoms with E-state index in [0.717, 1.165) is 17.7 Å². The van der Waals surface area contributed by atoms with Crippen LogP contribution in [0.2, 0.25) is 0 Å². The molecule has 0 heterocycles. The lowest BCUT2D eigenvalue weighted by atomic mass is 10.2. The van der Waals surface area contributed by atoms with Gasteiger partial charge in [-0.25, -0.2) is 0 Å². The third kappa shape index (κ3) is 8.02. The molecule has 1 rings (SSSR count). The van der Waals surface area contributed by atoms with E-state index in [4.69, 9.17) is 5.11 Å². The lowest BCUT2D eigenvalue weighted by molar-refractivity contribution is -0.137. The Bertz CT molecular complexity index is 375. The van der Waals surface area contributed by atoms with E-state index < -0.39 is 5.97 Å². The number of carboxylic acid groups (broad SMARTS) is 1. The van der Waals surface area contributed by atoms with Crippen molar-refractivity contribution < 1.29 is 14.7 Å². The fourth-order valence-corrected chi connectivity index (χ4v) is 1.12. The van der Waals surface area contributed by atoms with Crippen molar-refractivity contribution in [1.82, 2.24) is 0 Å². The molecule has 0 aliphatic rings. The second kappa shape index (κ2) is 8.33. The van der Waals surface area contributed by atoms with Crippen molar-refractivity contribution in [3.63, 3.8) is 0 Å². The molecule has 94 valence electrons. The Labute approximate surface area is 102 Å². The van der Waals surface area contributed by atoms with Gasteiger partial charge in [0, 0.05) is 19.0 Å². The van der Waals surface area contributed by atoms with Crippen molar-refractivity contribution in [3.8, 4) is 0 Å². The molecule has 0 aliphatic carbocycles. The minimum Gasteiger partial charge on any atom is -0.481 e. The lowest BCUT2D eigenvalue weighted by Gasteiger charge is -2.03. The molecule has 0 saturated heterocycles. The second-order valence-electron chi connectivity index (χ2n) is 3.64.